The molecule has 2 unspecified atom stereocenters. The molecule has 3 aromatic heterocycles. The number of hydrogen-bond acceptors (Lipinski definition) is 8. The number of anilines is 2. The molecule has 0 aromatic carbocycles. The first-order valence-electron chi connectivity index (χ1n) is 10.4. The standard InChI is InChI=1S/C21H25N7O2/c1-2-22-21-25-11-16-13-28(29,14-17-4-3-8-27(17)19(16)26-21)12-15-5-6-18(24-10-15)20-23-7-9-30-20/h5-7,9-11,17H,2-4,8,12-14H2,1H3,(H,22,25,26). The summed E-state index contributed by atoms with van der Waals surface area (Å²) in [6, 6.07) is 3.99. The number of quaternary nitrogens is 1. The van der Waals surface area contributed by atoms with Crippen molar-refractivity contribution in [2.45, 2.75) is 38.9 Å². The molecule has 2 aliphatic heterocycles. The Morgan fingerprint density at radius 1 is 1.27 bits per heavy atom. The zero-order valence-electron chi connectivity index (χ0n) is 17.0. The Morgan fingerprint density at radius 2 is 2.20 bits per heavy atom. The molecule has 9 heteroatoms. The predicted molar refractivity (Wildman–Crippen MR) is 112 cm³/mol. The molecule has 30 heavy (non-hydrogen) atoms. The lowest BCUT2D eigenvalue weighted by Gasteiger charge is -2.43. The summed E-state index contributed by atoms with van der Waals surface area (Å²) < 4.78 is 4.96. The highest BCUT2D eigenvalue weighted by Crippen LogP contribution is 2.35. The van der Waals surface area contributed by atoms with Crippen LogP contribution in [0.1, 0.15) is 30.9 Å². The van der Waals surface area contributed by atoms with Crippen LogP contribution < -0.4 is 10.2 Å². The molecular formula is C21H25N7O2. The number of nitrogens with one attached hydrogen (secondary N) is 1. The highest BCUT2D eigenvalue weighted by atomic mass is 16.5. The predicted octanol–water partition coefficient (Wildman–Crippen LogP) is 2.96. The van der Waals surface area contributed by atoms with Gasteiger partial charge < -0.3 is 24.5 Å². The fourth-order valence-corrected chi connectivity index (χ4v) is 4.51. The molecule has 1 N–H and O–H groups in total. The van der Waals surface area contributed by atoms with E-state index in [0.717, 1.165) is 42.9 Å². The third-order valence-electron chi connectivity index (χ3n) is 5.77. The van der Waals surface area contributed by atoms with Crippen LogP contribution in [0.3, 0.4) is 0 Å². The van der Waals surface area contributed by atoms with Crippen LogP contribution in [0.25, 0.3) is 11.6 Å². The Kier molecular flexibility index (Phi) is 4.84. The van der Waals surface area contributed by atoms with Crippen molar-refractivity contribution >= 4 is 11.8 Å². The fourth-order valence-electron chi connectivity index (χ4n) is 4.51. The van der Waals surface area contributed by atoms with Gasteiger partial charge in [-0.15, -0.1) is 0 Å². The molecule has 0 radical (unpaired) electrons. The van der Waals surface area contributed by atoms with Crippen molar-refractivity contribution in [3.63, 3.8) is 0 Å². The molecule has 1 fully saturated rings. The summed E-state index contributed by atoms with van der Waals surface area (Å²) in [5.41, 5.74) is 2.48. The van der Waals surface area contributed by atoms with Gasteiger partial charge >= 0.3 is 0 Å². The minimum Gasteiger partial charge on any atom is -0.632 e. The van der Waals surface area contributed by atoms with Gasteiger partial charge in [0.1, 0.15) is 30.9 Å². The fraction of sp³-hybridized carbons (Fsp3) is 0.429. The zero-order valence-corrected chi connectivity index (χ0v) is 17.0. The van der Waals surface area contributed by atoms with E-state index >= 15 is 0 Å². The van der Waals surface area contributed by atoms with Gasteiger partial charge in [0.15, 0.2) is 0 Å². The van der Waals surface area contributed by atoms with Crippen molar-refractivity contribution in [2.75, 3.05) is 29.9 Å². The lowest BCUT2D eigenvalue weighted by atomic mass is 10.1. The summed E-state index contributed by atoms with van der Waals surface area (Å²) in [7, 11) is 0. The number of aromatic nitrogens is 4. The van der Waals surface area contributed by atoms with Crippen molar-refractivity contribution in [1.29, 1.82) is 0 Å². The van der Waals surface area contributed by atoms with Crippen LogP contribution in [0.15, 0.2) is 41.4 Å². The molecule has 0 aliphatic carbocycles. The average molecular weight is 407 g/mol. The molecule has 0 bridgehead atoms. The molecular weight excluding hydrogens is 382 g/mol. The zero-order chi connectivity index (χ0) is 20.6. The summed E-state index contributed by atoms with van der Waals surface area (Å²) in [4.78, 5) is 20.0. The van der Waals surface area contributed by atoms with Crippen LogP contribution in [0, 0.1) is 5.21 Å². The maximum Gasteiger partial charge on any atom is 0.244 e. The van der Waals surface area contributed by atoms with Crippen LogP contribution in [-0.2, 0) is 13.1 Å². The van der Waals surface area contributed by atoms with Crippen molar-refractivity contribution < 1.29 is 9.06 Å². The van der Waals surface area contributed by atoms with Gasteiger partial charge in [-0.3, -0.25) is 4.98 Å². The average Bonchev–Trinajstić information content (AvgIpc) is 3.40. The Bertz CT molecular complexity index is 1010. The first-order valence-corrected chi connectivity index (χ1v) is 10.4. The Labute approximate surface area is 175 Å². The molecule has 2 aliphatic rings. The molecule has 1 saturated heterocycles. The van der Waals surface area contributed by atoms with E-state index in [0.29, 0.717) is 37.2 Å². The maximum atomic E-state index is 13.9. The van der Waals surface area contributed by atoms with Crippen molar-refractivity contribution in [1.82, 2.24) is 19.9 Å². The highest BCUT2D eigenvalue weighted by molar-refractivity contribution is 5.52. The third kappa shape index (κ3) is 3.61. The Hall–Kier alpha value is -3.04. The van der Waals surface area contributed by atoms with E-state index in [1.807, 2.05) is 25.3 Å². The van der Waals surface area contributed by atoms with Gasteiger partial charge in [0.05, 0.1) is 24.3 Å². The molecule has 0 saturated carbocycles. The Balaban J connectivity index is 1.42. The first kappa shape index (κ1) is 19.0. The summed E-state index contributed by atoms with van der Waals surface area (Å²) in [5, 5.41) is 17.1. The minimum atomic E-state index is -0.335. The maximum absolute atomic E-state index is 13.9. The smallest absolute Gasteiger partial charge is 0.244 e. The molecule has 2 atom stereocenters. The SMILES string of the molecule is CCNc1ncc2c(n1)N1CCCC1C[N+]([O-])(Cc1ccc(-c3ncco3)nc1)C2. The Morgan fingerprint density at radius 3 is 2.97 bits per heavy atom. The number of oxazole rings is 1. The van der Waals surface area contributed by atoms with Crippen LogP contribution >= 0.6 is 0 Å². The summed E-state index contributed by atoms with van der Waals surface area (Å²) in [6.07, 6.45) is 8.78. The van der Waals surface area contributed by atoms with E-state index in [-0.39, 0.29) is 10.7 Å². The monoisotopic (exact) mass is 407 g/mol. The number of hydroxylamine groups is 3. The second-order valence-electron chi connectivity index (χ2n) is 8.01. The molecule has 5 rings (SSSR count). The quantitative estimate of drug-likeness (QED) is 0.509. The van der Waals surface area contributed by atoms with Gasteiger partial charge in [0.25, 0.3) is 0 Å². The van der Waals surface area contributed by atoms with Gasteiger partial charge in [-0.1, -0.05) is 0 Å². The summed E-state index contributed by atoms with van der Waals surface area (Å²) in [6.45, 7) is 4.98. The van der Waals surface area contributed by atoms with Crippen molar-refractivity contribution in [3.8, 4) is 11.6 Å². The number of hydrogen-bond donors (Lipinski definition) is 1. The van der Waals surface area contributed by atoms with E-state index in [9.17, 15) is 5.21 Å². The number of fused-ring (bicyclic) bond motifs is 3. The largest absolute Gasteiger partial charge is 0.632 e. The van der Waals surface area contributed by atoms with Crippen LogP contribution in [0.2, 0.25) is 0 Å². The van der Waals surface area contributed by atoms with E-state index in [4.69, 9.17) is 9.40 Å². The number of rotatable bonds is 5. The third-order valence-corrected chi connectivity index (χ3v) is 5.77. The van der Waals surface area contributed by atoms with Crippen molar-refractivity contribution in [2.24, 2.45) is 0 Å². The molecule has 9 nitrogen and oxygen atoms in total. The van der Waals surface area contributed by atoms with Crippen LogP contribution in [-0.4, -0.2) is 50.3 Å². The van der Waals surface area contributed by atoms with Gasteiger partial charge in [-0.25, -0.2) is 9.97 Å². The van der Waals surface area contributed by atoms with Crippen LogP contribution in [0.4, 0.5) is 11.8 Å². The first-order chi connectivity index (χ1) is 14.6. The number of pyridine rings is 1. The second-order valence-corrected chi connectivity index (χ2v) is 8.01. The highest BCUT2D eigenvalue weighted by Gasteiger charge is 2.38. The van der Waals surface area contributed by atoms with E-state index in [1.165, 1.54) is 6.26 Å². The van der Waals surface area contributed by atoms with E-state index in [2.05, 4.69) is 25.2 Å². The minimum absolute atomic E-state index is 0.202. The van der Waals surface area contributed by atoms with Gasteiger partial charge in [-0.05, 0) is 31.9 Å². The normalized spacial score (nSPS) is 23.0. The molecule has 0 spiro atoms. The van der Waals surface area contributed by atoms with Crippen molar-refractivity contribution in [3.05, 3.63) is 53.3 Å². The lowest BCUT2D eigenvalue weighted by Crippen LogP contribution is -2.47. The number of nitrogens with zero attached hydrogens (tertiary/aromatic N) is 6. The van der Waals surface area contributed by atoms with Crippen LogP contribution in [0.5, 0.6) is 0 Å². The molecule has 3 aromatic rings. The lowest BCUT2D eigenvalue weighted by molar-refractivity contribution is -0.907. The molecule has 5 heterocycles. The van der Waals surface area contributed by atoms with E-state index < -0.39 is 0 Å². The summed E-state index contributed by atoms with van der Waals surface area (Å²) in [5.74, 6) is 2.02. The second kappa shape index (κ2) is 7.66. The summed E-state index contributed by atoms with van der Waals surface area (Å²) >= 11 is 0. The van der Waals surface area contributed by atoms with Gasteiger partial charge in [-0.2, -0.15) is 4.98 Å². The molecule has 156 valence electrons. The van der Waals surface area contributed by atoms with E-state index in [1.54, 1.807) is 12.4 Å². The molecule has 0 amide bonds. The van der Waals surface area contributed by atoms with Gasteiger partial charge in [0, 0.05) is 31.0 Å². The topological polar surface area (TPSA) is 103 Å². The van der Waals surface area contributed by atoms with Gasteiger partial charge in [0.2, 0.25) is 11.8 Å².